The number of ether oxygens (including phenoxy) is 1. The van der Waals surface area contributed by atoms with Gasteiger partial charge in [0.25, 0.3) is 5.91 Å². The monoisotopic (exact) mass is 479 g/mol. The zero-order valence-electron chi connectivity index (χ0n) is 19.5. The Morgan fingerprint density at radius 1 is 1.12 bits per heavy atom. The molecule has 34 heavy (non-hydrogen) atoms. The fourth-order valence-electron chi connectivity index (χ4n) is 5.02. The minimum Gasteiger partial charge on any atom is -0.497 e. The van der Waals surface area contributed by atoms with Crippen molar-refractivity contribution < 1.29 is 18.7 Å². The lowest BCUT2D eigenvalue weighted by Crippen LogP contribution is -2.57. The van der Waals surface area contributed by atoms with Crippen molar-refractivity contribution in [3.05, 3.63) is 75.9 Å². The molecule has 1 aromatic carbocycles. The fourth-order valence-corrected chi connectivity index (χ4v) is 5.92. The molecular formula is C26H29N3O4S. The molecule has 2 aliphatic rings. The maximum Gasteiger partial charge on any atom is 0.289 e. The predicted molar refractivity (Wildman–Crippen MR) is 130 cm³/mol. The SMILES string of the molecule is COc1ccc([C@@H]2c3ccsc3CCN2CC(=O)N2CCN(C(=O)c3ccco3)[C@@H](C)C2)cc1. The number of rotatable bonds is 5. The van der Waals surface area contributed by atoms with Gasteiger partial charge in [-0.25, -0.2) is 0 Å². The summed E-state index contributed by atoms with van der Waals surface area (Å²) >= 11 is 1.79. The van der Waals surface area contributed by atoms with Crippen molar-refractivity contribution in [2.24, 2.45) is 0 Å². The number of carbonyl (C=O) groups is 2. The van der Waals surface area contributed by atoms with Crippen LogP contribution in [0.15, 0.2) is 58.5 Å². The van der Waals surface area contributed by atoms with Gasteiger partial charge < -0.3 is 19.0 Å². The molecule has 7 nitrogen and oxygen atoms in total. The van der Waals surface area contributed by atoms with E-state index in [1.54, 1.807) is 35.5 Å². The Hall–Kier alpha value is -3.10. The van der Waals surface area contributed by atoms with Crippen molar-refractivity contribution in [1.29, 1.82) is 0 Å². The van der Waals surface area contributed by atoms with E-state index in [2.05, 4.69) is 28.5 Å². The van der Waals surface area contributed by atoms with Gasteiger partial charge in [0.1, 0.15) is 5.75 Å². The molecule has 0 saturated carbocycles. The number of thiophene rings is 1. The van der Waals surface area contributed by atoms with Gasteiger partial charge in [-0.3, -0.25) is 14.5 Å². The zero-order valence-corrected chi connectivity index (χ0v) is 20.3. The lowest BCUT2D eigenvalue weighted by molar-refractivity contribution is -0.135. The summed E-state index contributed by atoms with van der Waals surface area (Å²) in [4.78, 5) is 33.5. The maximum atomic E-state index is 13.4. The summed E-state index contributed by atoms with van der Waals surface area (Å²) in [6, 6.07) is 13.7. The van der Waals surface area contributed by atoms with Crippen LogP contribution in [0.1, 0.15) is 39.5 Å². The Kier molecular flexibility index (Phi) is 6.43. The molecule has 3 aromatic rings. The molecule has 8 heteroatoms. The van der Waals surface area contributed by atoms with Crippen molar-refractivity contribution in [3.63, 3.8) is 0 Å². The van der Waals surface area contributed by atoms with Crippen LogP contribution in [0.5, 0.6) is 5.75 Å². The van der Waals surface area contributed by atoms with Gasteiger partial charge in [0.15, 0.2) is 5.76 Å². The molecular weight excluding hydrogens is 450 g/mol. The van der Waals surface area contributed by atoms with Gasteiger partial charge in [-0.1, -0.05) is 12.1 Å². The topological polar surface area (TPSA) is 66.2 Å². The smallest absolute Gasteiger partial charge is 0.289 e. The van der Waals surface area contributed by atoms with E-state index >= 15 is 0 Å². The van der Waals surface area contributed by atoms with E-state index in [-0.39, 0.29) is 23.9 Å². The number of piperazine rings is 1. The first kappa shape index (κ1) is 22.7. The molecule has 0 radical (unpaired) electrons. The van der Waals surface area contributed by atoms with Crippen molar-refractivity contribution >= 4 is 23.2 Å². The maximum absolute atomic E-state index is 13.4. The Labute approximate surface area is 203 Å². The highest BCUT2D eigenvalue weighted by atomic mass is 32.1. The van der Waals surface area contributed by atoms with E-state index in [0.29, 0.717) is 31.9 Å². The third kappa shape index (κ3) is 4.35. The summed E-state index contributed by atoms with van der Waals surface area (Å²) in [5.41, 5.74) is 2.45. The van der Waals surface area contributed by atoms with Crippen molar-refractivity contribution in [3.8, 4) is 5.75 Å². The Morgan fingerprint density at radius 2 is 1.94 bits per heavy atom. The minimum absolute atomic E-state index is 0.0455. The molecule has 2 aliphatic heterocycles. The van der Waals surface area contributed by atoms with Gasteiger partial charge in [-0.2, -0.15) is 0 Å². The highest BCUT2D eigenvalue weighted by Crippen LogP contribution is 2.38. The Morgan fingerprint density at radius 3 is 2.65 bits per heavy atom. The van der Waals surface area contributed by atoms with Crippen LogP contribution in [0.3, 0.4) is 0 Å². The summed E-state index contributed by atoms with van der Waals surface area (Å²) in [7, 11) is 1.67. The average Bonchev–Trinajstić information content (AvgIpc) is 3.56. The number of carbonyl (C=O) groups excluding carboxylic acids is 2. The van der Waals surface area contributed by atoms with Crippen molar-refractivity contribution in [1.82, 2.24) is 14.7 Å². The van der Waals surface area contributed by atoms with Crippen LogP contribution in [0, 0.1) is 0 Å². The summed E-state index contributed by atoms with van der Waals surface area (Å²) in [6.07, 6.45) is 2.46. The van der Waals surface area contributed by atoms with Gasteiger partial charge >= 0.3 is 0 Å². The zero-order chi connectivity index (χ0) is 23.7. The highest BCUT2D eigenvalue weighted by molar-refractivity contribution is 7.10. The molecule has 1 fully saturated rings. The summed E-state index contributed by atoms with van der Waals surface area (Å²) in [5.74, 6) is 1.15. The largest absolute Gasteiger partial charge is 0.497 e. The third-order valence-corrected chi connectivity index (χ3v) is 7.81. The van der Waals surface area contributed by atoms with Gasteiger partial charge in [0, 0.05) is 37.1 Å². The van der Waals surface area contributed by atoms with Gasteiger partial charge in [0.2, 0.25) is 5.91 Å². The number of nitrogens with zero attached hydrogens (tertiary/aromatic N) is 3. The second-order valence-electron chi connectivity index (χ2n) is 8.86. The molecule has 5 rings (SSSR count). The molecule has 0 spiro atoms. The third-order valence-electron chi connectivity index (χ3n) is 6.81. The first-order valence-electron chi connectivity index (χ1n) is 11.6. The highest BCUT2D eigenvalue weighted by Gasteiger charge is 2.35. The normalized spacial score (nSPS) is 20.8. The van der Waals surface area contributed by atoms with Crippen LogP contribution in [0.25, 0.3) is 0 Å². The Bertz CT molecular complexity index is 1140. The van der Waals surface area contributed by atoms with Gasteiger partial charge in [0.05, 0.1) is 26.0 Å². The molecule has 4 heterocycles. The molecule has 0 bridgehead atoms. The summed E-state index contributed by atoms with van der Waals surface area (Å²) in [6.45, 7) is 4.73. The minimum atomic E-state index is -0.120. The second-order valence-corrected chi connectivity index (χ2v) is 9.86. The van der Waals surface area contributed by atoms with E-state index in [1.807, 2.05) is 24.0 Å². The van der Waals surface area contributed by atoms with Crippen molar-refractivity contribution in [2.45, 2.75) is 25.4 Å². The van der Waals surface area contributed by atoms with Crippen LogP contribution in [0.4, 0.5) is 0 Å². The molecule has 2 amide bonds. The first-order chi connectivity index (χ1) is 16.5. The van der Waals surface area contributed by atoms with Crippen LogP contribution in [-0.2, 0) is 11.2 Å². The number of furan rings is 1. The van der Waals surface area contributed by atoms with Crippen LogP contribution >= 0.6 is 11.3 Å². The molecule has 0 N–H and O–H groups in total. The number of fused-ring (bicyclic) bond motifs is 1. The molecule has 2 aromatic heterocycles. The average molecular weight is 480 g/mol. The van der Waals surface area contributed by atoms with E-state index in [9.17, 15) is 9.59 Å². The molecule has 2 atom stereocenters. The fraction of sp³-hybridized carbons (Fsp3) is 0.385. The number of amides is 2. The standard InChI is InChI=1S/C26H29N3O4S/c1-18-16-27(12-13-29(18)26(31)22-4-3-14-33-22)24(30)17-28-11-9-23-21(10-15-34-23)25(28)19-5-7-20(32-2)8-6-19/h3-8,10,14-15,18,25H,9,11-13,16-17H2,1-2H3/t18-,25+/m0/s1. The molecule has 1 saturated heterocycles. The number of methoxy groups -OCH3 is 1. The predicted octanol–water partition coefficient (Wildman–Crippen LogP) is 3.67. The van der Waals surface area contributed by atoms with Gasteiger partial charge in [-0.15, -0.1) is 11.3 Å². The lowest BCUT2D eigenvalue weighted by atomic mass is 9.93. The Balaban J connectivity index is 1.29. The summed E-state index contributed by atoms with van der Waals surface area (Å²) in [5, 5.41) is 2.14. The number of hydrogen-bond donors (Lipinski definition) is 0. The van der Waals surface area contributed by atoms with E-state index in [1.165, 1.54) is 16.7 Å². The quantitative estimate of drug-likeness (QED) is 0.559. The lowest BCUT2D eigenvalue weighted by Gasteiger charge is -2.41. The van der Waals surface area contributed by atoms with Crippen LogP contribution < -0.4 is 4.74 Å². The number of benzene rings is 1. The van der Waals surface area contributed by atoms with Crippen LogP contribution in [0.2, 0.25) is 0 Å². The molecule has 0 unspecified atom stereocenters. The van der Waals surface area contributed by atoms with Gasteiger partial charge in [-0.05, 0) is 60.2 Å². The molecule has 0 aliphatic carbocycles. The van der Waals surface area contributed by atoms with E-state index in [4.69, 9.17) is 9.15 Å². The van der Waals surface area contributed by atoms with E-state index in [0.717, 1.165) is 24.3 Å². The second kappa shape index (κ2) is 9.64. The van der Waals surface area contributed by atoms with Crippen LogP contribution in [-0.4, -0.2) is 72.4 Å². The summed E-state index contributed by atoms with van der Waals surface area (Å²) < 4.78 is 10.6. The van der Waals surface area contributed by atoms with Crippen molar-refractivity contribution in [2.75, 3.05) is 39.8 Å². The van der Waals surface area contributed by atoms with E-state index < -0.39 is 0 Å². The first-order valence-corrected chi connectivity index (χ1v) is 12.5. The number of hydrogen-bond acceptors (Lipinski definition) is 6. The molecule has 178 valence electrons.